The highest BCUT2D eigenvalue weighted by Gasteiger charge is 2.13. The van der Waals surface area contributed by atoms with E-state index in [1.54, 1.807) is 62.8 Å². The third kappa shape index (κ3) is 5.72. The predicted octanol–water partition coefficient (Wildman–Crippen LogP) is 2.81. The molecule has 0 bridgehead atoms. The molecule has 0 aliphatic rings. The molecular weight excluding hydrogens is 388 g/mol. The maximum atomic E-state index is 9.14. The lowest BCUT2D eigenvalue weighted by Crippen LogP contribution is -2.32. The van der Waals surface area contributed by atoms with Gasteiger partial charge in [-0.1, -0.05) is 0 Å². The van der Waals surface area contributed by atoms with Gasteiger partial charge in [-0.3, -0.25) is 0 Å². The Hall–Kier alpha value is -3.56. The van der Waals surface area contributed by atoms with Crippen LogP contribution in [0.1, 0.15) is 0 Å². The highest BCUT2D eigenvalue weighted by atomic mass is 16.5. The van der Waals surface area contributed by atoms with Crippen LogP contribution in [-0.4, -0.2) is 48.5 Å². The number of aromatic nitrogens is 2. The van der Waals surface area contributed by atoms with E-state index in [4.69, 9.17) is 29.8 Å². The molecule has 1 heterocycles. The molecule has 0 spiro atoms. The SMILES string of the molecule is COc1ccc(Oc2ncc(NC[C@@H](N)CO)c(Oc3ccc(OC)cc3)n2)cc1. The van der Waals surface area contributed by atoms with Gasteiger partial charge in [-0.15, -0.1) is 0 Å². The number of nitrogens with one attached hydrogen (secondary N) is 1. The zero-order valence-electron chi connectivity index (χ0n) is 16.7. The summed E-state index contributed by atoms with van der Waals surface area (Å²) >= 11 is 0. The minimum Gasteiger partial charge on any atom is -0.497 e. The summed E-state index contributed by atoms with van der Waals surface area (Å²) in [5, 5.41) is 12.2. The molecule has 0 saturated carbocycles. The molecule has 2 aromatic carbocycles. The number of ether oxygens (including phenoxy) is 4. The van der Waals surface area contributed by atoms with Gasteiger partial charge in [0.1, 0.15) is 28.7 Å². The number of rotatable bonds is 10. The molecule has 0 aliphatic carbocycles. The first-order valence-electron chi connectivity index (χ1n) is 9.22. The van der Waals surface area contributed by atoms with E-state index in [-0.39, 0.29) is 18.5 Å². The summed E-state index contributed by atoms with van der Waals surface area (Å²) < 4.78 is 21.9. The van der Waals surface area contributed by atoms with Gasteiger partial charge in [-0.25, -0.2) is 4.98 Å². The van der Waals surface area contributed by atoms with E-state index in [0.29, 0.717) is 35.2 Å². The number of hydrogen-bond donors (Lipinski definition) is 3. The highest BCUT2D eigenvalue weighted by Crippen LogP contribution is 2.31. The van der Waals surface area contributed by atoms with Crippen LogP contribution in [-0.2, 0) is 0 Å². The first-order chi connectivity index (χ1) is 14.6. The van der Waals surface area contributed by atoms with Crippen LogP contribution in [0.5, 0.6) is 34.9 Å². The van der Waals surface area contributed by atoms with Crippen molar-refractivity contribution in [2.45, 2.75) is 6.04 Å². The van der Waals surface area contributed by atoms with Gasteiger partial charge in [0.25, 0.3) is 0 Å². The Morgan fingerprint density at radius 1 is 0.900 bits per heavy atom. The molecule has 0 saturated heterocycles. The zero-order chi connectivity index (χ0) is 21.3. The van der Waals surface area contributed by atoms with Crippen molar-refractivity contribution in [3.8, 4) is 34.9 Å². The average molecular weight is 412 g/mol. The molecule has 30 heavy (non-hydrogen) atoms. The minimum absolute atomic E-state index is 0.112. The fraction of sp³-hybridized carbons (Fsp3) is 0.238. The minimum atomic E-state index is -0.436. The zero-order valence-corrected chi connectivity index (χ0v) is 16.7. The van der Waals surface area contributed by atoms with Crippen molar-refractivity contribution < 1.29 is 24.1 Å². The number of nitrogens with two attached hydrogens (primary N) is 1. The second-order valence-electron chi connectivity index (χ2n) is 6.25. The second kappa shape index (κ2) is 10.3. The van der Waals surface area contributed by atoms with Gasteiger partial charge in [0.15, 0.2) is 0 Å². The summed E-state index contributed by atoms with van der Waals surface area (Å²) in [6.45, 7) is 0.165. The summed E-state index contributed by atoms with van der Waals surface area (Å²) in [4.78, 5) is 8.59. The van der Waals surface area contributed by atoms with Gasteiger partial charge >= 0.3 is 6.01 Å². The summed E-state index contributed by atoms with van der Waals surface area (Å²) in [6.07, 6.45) is 1.54. The fourth-order valence-electron chi connectivity index (χ4n) is 2.41. The Bertz CT molecular complexity index is 935. The van der Waals surface area contributed by atoms with E-state index < -0.39 is 6.04 Å². The van der Waals surface area contributed by atoms with Crippen LogP contribution in [0.25, 0.3) is 0 Å². The molecule has 3 rings (SSSR count). The van der Waals surface area contributed by atoms with Crippen molar-refractivity contribution in [1.82, 2.24) is 9.97 Å². The fourth-order valence-corrected chi connectivity index (χ4v) is 2.41. The number of hydrogen-bond acceptors (Lipinski definition) is 9. The molecular formula is C21H24N4O5. The van der Waals surface area contributed by atoms with Crippen LogP contribution >= 0.6 is 0 Å². The average Bonchev–Trinajstić information content (AvgIpc) is 2.79. The van der Waals surface area contributed by atoms with Gasteiger partial charge in [0, 0.05) is 12.6 Å². The van der Waals surface area contributed by atoms with Crippen LogP contribution in [0.15, 0.2) is 54.7 Å². The lowest BCUT2D eigenvalue weighted by Gasteiger charge is -2.15. The van der Waals surface area contributed by atoms with Gasteiger partial charge in [-0.05, 0) is 48.5 Å². The van der Waals surface area contributed by atoms with E-state index in [2.05, 4.69) is 15.3 Å². The number of aliphatic hydroxyl groups is 1. The van der Waals surface area contributed by atoms with Crippen LogP contribution in [0, 0.1) is 0 Å². The van der Waals surface area contributed by atoms with Crippen molar-refractivity contribution in [2.75, 3.05) is 32.7 Å². The molecule has 9 heteroatoms. The second-order valence-corrected chi connectivity index (χ2v) is 6.25. The molecule has 0 fully saturated rings. The van der Waals surface area contributed by atoms with E-state index in [9.17, 15) is 0 Å². The number of benzene rings is 2. The van der Waals surface area contributed by atoms with E-state index >= 15 is 0 Å². The quantitative estimate of drug-likeness (QED) is 0.461. The summed E-state index contributed by atoms with van der Waals surface area (Å²) in [6, 6.07) is 13.8. The molecule has 0 aliphatic heterocycles. The lowest BCUT2D eigenvalue weighted by atomic mass is 10.3. The monoisotopic (exact) mass is 412 g/mol. The molecule has 3 aromatic rings. The number of methoxy groups -OCH3 is 2. The Kier molecular flexibility index (Phi) is 7.25. The van der Waals surface area contributed by atoms with Crippen LogP contribution in [0.2, 0.25) is 0 Å². The smallest absolute Gasteiger partial charge is 0.325 e. The van der Waals surface area contributed by atoms with Crippen molar-refractivity contribution in [2.24, 2.45) is 5.73 Å². The predicted molar refractivity (Wildman–Crippen MR) is 112 cm³/mol. The summed E-state index contributed by atoms with van der Waals surface area (Å²) in [5.41, 5.74) is 6.28. The van der Waals surface area contributed by atoms with E-state index in [0.717, 1.165) is 0 Å². The first-order valence-corrected chi connectivity index (χ1v) is 9.22. The largest absolute Gasteiger partial charge is 0.497 e. The molecule has 1 atom stereocenters. The number of aliphatic hydroxyl groups excluding tert-OH is 1. The summed E-state index contributed by atoms with van der Waals surface area (Å²) in [7, 11) is 3.19. The maximum absolute atomic E-state index is 9.14. The Balaban J connectivity index is 1.82. The van der Waals surface area contributed by atoms with Crippen molar-refractivity contribution in [3.63, 3.8) is 0 Å². The highest BCUT2D eigenvalue weighted by molar-refractivity contribution is 5.53. The maximum Gasteiger partial charge on any atom is 0.325 e. The Morgan fingerprint density at radius 3 is 1.97 bits per heavy atom. The molecule has 9 nitrogen and oxygen atoms in total. The van der Waals surface area contributed by atoms with Crippen molar-refractivity contribution in [1.29, 1.82) is 0 Å². The van der Waals surface area contributed by atoms with E-state index in [1.807, 2.05) is 0 Å². The van der Waals surface area contributed by atoms with Gasteiger partial charge in [0.2, 0.25) is 5.88 Å². The molecule has 0 radical (unpaired) electrons. The van der Waals surface area contributed by atoms with Crippen LogP contribution in [0.3, 0.4) is 0 Å². The third-order valence-corrected chi connectivity index (χ3v) is 4.06. The van der Waals surface area contributed by atoms with Gasteiger partial charge < -0.3 is 35.1 Å². The normalized spacial score (nSPS) is 11.5. The summed E-state index contributed by atoms with van der Waals surface area (Å²) in [5.74, 6) is 2.78. The van der Waals surface area contributed by atoms with Gasteiger partial charge in [0.05, 0.1) is 27.0 Å². The lowest BCUT2D eigenvalue weighted by molar-refractivity contribution is 0.270. The van der Waals surface area contributed by atoms with Crippen LogP contribution in [0.4, 0.5) is 5.69 Å². The Morgan fingerprint density at radius 2 is 1.43 bits per heavy atom. The molecule has 1 aromatic heterocycles. The van der Waals surface area contributed by atoms with Crippen LogP contribution < -0.4 is 30.0 Å². The topological polar surface area (TPSA) is 121 Å². The number of anilines is 1. The molecule has 0 unspecified atom stereocenters. The molecule has 158 valence electrons. The first kappa shape index (κ1) is 21.2. The van der Waals surface area contributed by atoms with Crippen molar-refractivity contribution >= 4 is 5.69 Å². The molecule has 0 amide bonds. The Labute approximate surface area is 174 Å². The third-order valence-electron chi connectivity index (χ3n) is 4.06. The number of nitrogens with zero attached hydrogens (tertiary/aromatic N) is 2. The molecule has 4 N–H and O–H groups in total. The van der Waals surface area contributed by atoms with E-state index in [1.165, 1.54) is 6.20 Å². The van der Waals surface area contributed by atoms with Crippen molar-refractivity contribution in [3.05, 3.63) is 54.7 Å². The van der Waals surface area contributed by atoms with Gasteiger partial charge in [-0.2, -0.15) is 4.98 Å². The standard InChI is InChI=1S/C21H24N4O5/c1-27-15-3-7-17(8-4-15)29-20-19(23-11-14(22)13-26)12-24-21(25-20)30-18-9-5-16(28-2)6-10-18/h3-10,12,14,23,26H,11,13,22H2,1-2H3/t14-/m1/s1.